The molecule has 0 saturated heterocycles. The molecule has 0 amide bonds. The van der Waals surface area contributed by atoms with Crippen LogP contribution in [0.2, 0.25) is 5.02 Å². The van der Waals surface area contributed by atoms with Crippen molar-refractivity contribution in [2.24, 2.45) is 5.92 Å². The molecule has 1 atom stereocenters. The molecule has 0 aliphatic carbocycles. The molecular weight excluding hydrogens is 520 g/mol. The van der Waals surface area contributed by atoms with Gasteiger partial charge >= 0.3 is 12.4 Å². The maximum atomic E-state index is 13.3. The number of alkyl halides is 6. The average molecular weight is 540 g/mol. The second kappa shape index (κ2) is 10.4. The summed E-state index contributed by atoms with van der Waals surface area (Å²) in [6, 6.07) is 6.42. The van der Waals surface area contributed by atoms with E-state index in [2.05, 4.69) is 10.6 Å². The van der Waals surface area contributed by atoms with Gasteiger partial charge in [-0.05, 0) is 55.3 Å². The number of allylic oxidation sites excluding steroid dienone is 1. The van der Waals surface area contributed by atoms with E-state index in [0.717, 1.165) is 12.1 Å². The van der Waals surface area contributed by atoms with Crippen molar-refractivity contribution in [1.82, 2.24) is 5.32 Å². The van der Waals surface area contributed by atoms with Crippen LogP contribution in [0.5, 0.6) is 0 Å². The molecule has 0 aromatic heterocycles. The Kier molecular flexibility index (Phi) is 8.40. The molecule has 0 unspecified atom stereocenters. The van der Waals surface area contributed by atoms with Gasteiger partial charge in [0.2, 0.25) is 9.84 Å². The number of rotatable bonds is 7. The first-order valence-electron chi connectivity index (χ1n) is 9.95. The van der Waals surface area contributed by atoms with Gasteiger partial charge in [-0.2, -0.15) is 31.6 Å². The Morgan fingerprint density at radius 1 is 0.943 bits per heavy atom. The van der Waals surface area contributed by atoms with E-state index in [1.807, 2.05) is 0 Å². The molecule has 0 aliphatic rings. The van der Waals surface area contributed by atoms with Crippen molar-refractivity contribution >= 4 is 27.1 Å². The first-order chi connectivity index (χ1) is 16.0. The summed E-state index contributed by atoms with van der Waals surface area (Å²) < 4.78 is 106. The third kappa shape index (κ3) is 7.05. The van der Waals surface area contributed by atoms with Gasteiger partial charge in [0.1, 0.15) is 11.9 Å². The van der Waals surface area contributed by atoms with Gasteiger partial charge in [0.15, 0.2) is 4.91 Å². The van der Waals surface area contributed by atoms with Crippen LogP contribution in [0.3, 0.4) is 0 Å². The Hall–Kier alpha value is -2.91. The zero-order valence-electron chi connectivity index (χ0n) is 18.5. The van der Waals surface area contributed by atoms with E-state index in [4.69, 9.17) is 11.6 Å². The van der Waals surface area contributed by atoms with Crippen LogP contribution in [-0.4, -0.2) is 14.5 Å². The smallest absolute Gasteiger partial charge is 0.367 e. The average Bonchev–Trinajstić information content (AvgIpc) is 2.72. The predicted molar refractivity (Wildman–Crippen MR) is 119 cm³/mol. The van der Waals surface area contributed by atoms with Crippen molar-refractivity contribution in [1.29, 1.82) is 5.26 Å². The van der Waals surface area contributed by atoms with Gasteiger partial charge in [0.05, 0.1) is 16.0 Å². The van der Waals surface area contributed by atoms with Crippen LogP contribution < -0.4 is 10.6 Å². The molecule has 35 heavy (non-hydrogen) atoms. The van der Waals surface area contributed by atoms with E-state index in [9.17, 15) is 40.0 Å². The van der Waals surface area contributed by atoms with Crippen molar-refractivity contribution in [3.63, 3.8) is 0 Å². The van der Waals surface area contributed by atoms with Crippen LogP contribution in [0.1, 0.15) is 31.9 Å². The number of nitriles is 1. The second-order valence-corrected chi connectivity index (χ2v) is 10.2. The van der Waals surface area contributed by atoms with Gasteiger partial charge in [-0.3, -0.25) is 0 Å². The van der Waals surface area contributed by atoms with Crippen LogP contribution in [0.15, 0.2) is 58.1 Å². The van der Waals surface area contributed by atoms with Crippen LogP contribution in [0.25, 0.3) is 0 Å². The van der Waals surface area contributed by atoms with Crippen LogP contribution in [0.4, 0.5) is 32.0 Å². The zero-order valence-corrected chi connectivity index (χ0v) is 20.1. The number of anilines is 1. The second-order valence-electron chi connectivity index (χ2n) is 7.87. The molecule has 0 spiro atoms. The highest BCUT2D eigenvalue weighted by atomic mass is 35.5. The Morgan fingerprint density at radius 3 is 1.83 bits per heavy atom. The Balaban J connectivity index is 2.76. The summed E-state index contributed by atoms with van der Waals surface area (Å²) in [7, 11) is -4.55. The Morgan fingerprint density at radius 2 is 1.43 bits per heavy atom. The molecule has 2 aromatic carbocycles. The molecule has 13 heteroatoms. The van der Waals surface area contributed by atoms with Gasteiger partial charge in [-0.1, -0.05) is 25.4 Å². The highest BCUT2D eigenvalue weighted by molar-refractivity contribution is 7.95. The van der Waals surface area contributed by atoms with Crippen LogP contribution >= 0.6 is 11.6 Å². The Labute approximate surface area is 203 Å². The minimum atomic E-state index is -5.12. The highest BCUT2D eigenvalue weighted by Crippen LogP contribution is 2.38. The molecule has 190 valence electrons. The van der Waals surface area contributed by atoms with Crippen molar-refractivity contribution < 1.29 is 34.8 Å². The van der Waals surface area contributed by atoms with Gasteiger partial charge in [0, 0.05) is 16.8 Å². The standard InChI is InChI=1S/C22H20ClF6N3O2S/c1-12(2)13(3)31-20(19(11-30)35(33,34)18-6-4-16(23)5-7-18)32-17-9-14(21(24,25)26)8-15(10-17)22(27,28)29/h4-10,12-13,31-32H,1-3H3/t13-/m1/s1. The molecule has 0 aliphatic heterocycles. The minimum Gasteiger partial charge on any atom is -0.367 e. The largest absolute Gasteiger partial charge is 0.416 e. The molecule has 5 nitrogen and oxygen atoms in total. The topological polar surface area (TPSA) is 82.0 Å². The van der Waals surface area contributed by atoms with E-state index in [1.165, 1.54) is 18.2 Å². The number of sulfone groups is 1. The predicted octanol–water partition coefficient (Wildman–Crippen LogP) is 6.59. The number of nitrogens with one attached hydrogen (secondary N) is 2. The van der Waals surface area contributed by atoms with Gasteiger partial charge < -0.3 is 10.6 Å². The van der Waals surface area contributed by atoms with Crippen LogP contribution in [0, 0.1) is 17.2 Å². The molecule has 0 bridgehead atoms. The fourth-order valence-corrected chi connectivity index (χ4v) is 4.06. The first kappa shape index (κ1) is 28.3. The number of halogens is 7. The van der Waals surface area contributed by atoms with Gasteiger partial charge in [0.25, 0.3) is 0 Å². The molecule has 2 N–H and O–H groups in total. The fourth-order valence-electron chi connectivity index (χ4n) is 2.71. The summed E-state index contributed by atoms with van der Waals surface area (Å²) in [6.45, 7) is 5.08. The summed E-state index contributed by atoms with van der Waals surface area (Å²) in [6.07, 6.45) is -10.2. The highest BCUT2D eigenvalue weighted by Gasteiger charge is 2.37. The molecule has 0 fully saturated rings. The number of hydrogen-bond acceptors (Lipinski definition) is 5. The normalized spacial score (nSPS) is 14.2. The molecule has 2 aromatic rings. The zero-order chi connectivity index (χ0) is 26.8. The molecule has 0 radical (unpaired) electrons. The minimum absolute atomic E-state index is 0.0611. The van der Waals surface area contributed by atoms with E-state index >= 15 is 0 Å². The summed E-state index contributed by atoms with van der Waals surface area (Å²) in [5.41, 5.74) is -3.93. The van der Waals surface area contributed by atoms with E-state index in [1.54, 1.807) is 20.8 Å². The number of hydrogen-bond donors (Lipinski definition) is 2. The summed E-state index contributed by atoms with van der Waals surface area (Å²) in [4.78, 5) is -1.28. The maximum Gasteiger partial charge on any atom is 0.416 e. The fraction of sp³-hybridized carbons (Fsp3) is 0.318. The van der Waals surface area contributed by atoms with Crippen LogP contribution in [-0.2, 0) is 22.2 Å². The summed E-state index contributed by atoms with van der Waals surface area (Å²) in [5, 5.41) is 14.9. The van der Waals surface area contributed by atoms with Crippen molar-refractivity contribution in [3.8, 4) is 6.07 Å². The lowest BCUT2D eigenvalue weighted by Crippen LogP contribution is -2.35. The van der Waals surface area contributed by atoms with E-state index < -0.39 is 55.8 Å². The van der Waals surface area contributed by atoms with Crippen molar-refractivity contribution in [2.75, 3.05) is 5.32 Å². The molecule has 0 saturated carbocycles. The SMILES string of the molecule is CC(C)[C@@H](C)NC(Nc1cc(C(F)(F)F)cc(C(F)(F)F)c1)=C(C#N)S(=O)(=O)c1ccc(Cl)cc1. The lowest BCUT2D eigenvalue weighted by molar-refractivity contribution is -0.143. The third-order valence-corrected chi connectivity index (χ3v) is 6.93. The van der Waals surface area contributed by atoms with Crippen molar-refractivity contribution in [2.45, 2.75) is 44.1 Å². The summed E-state index contributed by atoms with van der Waals surface area (Å²) >= 11 is 5.77. The molecule has 2 rings (SSSR count). The van der Waals surface area contributed by atoms with Gasteiger partial charge in [-0.25, -0.2) is 8.42 Å². The lowest BCUT2D eigenvalue weighted by atomic mass is 10.1. The number of nitrogens with zero attached hydrogens (tertiary/aromatic N) is 1. The molecular formula is C22H20ClF6N3O2S. The van der Waals surface area contributed by atoms with Crippen molar-refractivity contribution in [3.05, 3.63) is 69.3 Å². The quantitative estimate of drug-likeness (QED) is 0.306. The lowest BCUT2D eigenvalue weighted by Gasteiger charge is -2.24. The molecule has 0 heterocycles. The third-order valence-electron chi connectivity index (χ3n) is 4.95. The van der Waals surface area contributed by atoms with E-state index in [-0.39, 0.29) is 21.9 Å². The van der Waals surface area contributed by atoms with Gasteiger partial charge in [-0.15, -0.1) is 0 Å². The monoisotopic (exact) mass is 539 g/mol. The summed E-state index contributed by atoms with van der Waals surface area (Å²) in [5.74, 6) is -0.728. The Bertz CT molecular complexity index is 1220. The van der Waals surface area contributed by atoms with E-state index in [0.29, 0.717) is 12.1 Å². The maximum absolute atomic E-state index is 13.3. The first-order valence-corrected chi connectivity index (χ1v) is 11.8. The number of benzene rings is 2.